The van der Waals surface area contributed by atoms with Crippen molar-refractivity contribution >= 4 is 23.4 Å². The number of nitrogen functional groups attached to an aromatic ring is 1. The minimum absolute atomic E-state index is 0.163. The number of carbonyl (C=O) groups excluding carboxylic acids is 3. The molecule has 94 valence electrons. The van der Waals surface area contributed by atoms with E-state index < -0.39 is 17.7 Å². The Balaban J connectivity index is 2.25. The molecule has 0 radical (unpaired) electrons. The van der Waals surface area contributed by atoms with Gasteiger partial charge < -0.3 is 10.3 Å². The van der Waals surface area contributed by atoms with Gasteiger partial charge in [0.25, 0.3) is 5.91 Å². The summed E-state index contributed by atoms with van der Waals surface area (Å²) in [6, 6.07) is 1.53. The minimum Gasteiger partial charge on any atom is -0.323 e. The number of hydrazine groups is 1. The number of piperazine rings is 1. The molecule has 4 N–H and O–H groups in total. The van der Waals surface area contributed by atoms with Crippen LogP contribution < -0.4 is 16.6 Å². The van der Waals surface area contributed by atoms with Crippen molar-refractivity contribution < 1.29 is 14.4 Å². The SMILES string of the molecule is NNc1ccncc1C(=O)N1CC(=O)NC(=O)C1. The molecule has 2 rings (SSSR count). The Hall–Kier alpha value is -2.48. The molecule has 1 saturated heterocycles. The molecule has 3 amide bonds. The molecule has 0 saturated carbocycles. The number of nitrogens with two attached hydrogens (primary N) is 1. The topological polar surface area (TPSA) is 117 Å². The standard InChI is InChI=1S/C10H11N5O3/c11-14-7-1-2-12-3-6(7)10(18)15-4-8(16)13-9(17)5-15/h1-3H,4-5,11H2,(H,12,14)(H,13,16,17). The predicted octanol–water partition coefficient (Wildman–Crippen LogP) is -1.53. The molecule has 0 bridgehead atoms. The lowest BCUT2D eigenvalue weighted by atomic mass is 10.2. The summed E-state index contributed by atoms with van der Waals surface area (Å²) < 4.78 is 0. The Kier molecular flexibility index (Phi) is 3.20. The number of nitrogens with zero attached hydrogens (tertiary/aromatic N) is 2. The zero-order valence-corrected chi connectivity index (χ0v) is 9.34. The molecule has 0 spiro atoms. The third-order valence-electron chi connectivity index (χ3n) is 2.44. The monoisotopic (exact) mass is 249 g/mol. The molecule has 18 heavy (non-hydrogen) atoms. The second-order valence-corrected chi connectivity index (χ2v) is 3.70. The Labute approximate surface area is 102 Å². The smallest absolute Gasteiger partial charge is 0.258 e. The van der Waals surface area contributed by atoms with E-state index >= 15 is 0 Å². The maximum absolute atomic E-state index is 12.1. The van der Waals surface area contributed by atoms with Crippen LogP contribution in [0.25, 0.3) is 0 Å². The lowest BCUT2D eigenvalue weighted by Crippen LogP contribution is -2.53. The number of rotatable bonds is 2. The Morgan fingerprint density at radius 3 is 2.67 bits per heavy atom. The van der Waals surface area contributed by atoms with Gasteiger partial charge in [0.05, 0.1) is 11.3 Å². The van der Waals surface area contributed by atoms with Gasteiger partial charge in [-0.1, -0.05) is 0 Å². The van der Waals surface area contributed by atoms with Crippen molar-refractivity contribution in [1.82, 2.24) is 15.2 Å². The van der Waals surface area contributed by atoms with Crippen molar-refractivity contribution in [2.24, 2.45) is 5.84 Å². The highest BCUT2D eigenvalue weighted by Gasteiger charge is 2.28. The van der Waals surface area contributed by atoms with E-state index in [2.05, 4.69) is 15.7 Å². The number of amides is 3. The highest BCUT2D eigenvalue weighted by Crippen LogP contribution is 2.15. The number of imide groups is 1. The first kappa shape index (κ1) is 12.0. The van der Waals surface area contributed by atoms with Crippen LogP contribution in [-0.2, 0) is 9.59 Å². The predicted molar refractivity (Wildman–Crippen MR) is 61.1 cm³/mol. The van der Waals surface area contributed by atoms with E-state index in [-0.39, 0.29) is 18.7 Å². The van der Waals surface area contributed by atoms with E-state index in [1.165, 1.54) is 18.5 Å². The first-order valence-electron chi connectivity index (χ1n) is 5.14. The minimum atomic E-state index is -0.509. The quantitative estimate of drug-likeness (QED) is 0.332. The van der Waals surface area contributed by atoms with Crippen LogP contribution in [0.2, 0.25) is 0 Å². The maximum Gasteiger partial charge on any atom is 0.258 e. The Morgan fingerprint density at radius 1 is 1.39 bits per heavy atom. The van der Waals surface area contributed by atoms with Crippen LogP contribution in [0.1, 0.15) is 10.4 Å². The number of pyridine rings is 1. The molecule has 1 aromatic heterocycles. The van der Waals surface area contributed by atoms with Gasteiger partial charge in [0.2, 0.25) is 11.8 Å². The third kappa shape index (κ3) is 2.28. The lowest BCUT2D eigenvalue weighted by molar-refractivity contribution is -0.135. The fourth-order valence-electron chi connectivity index (χ4n) is 1.64. The summed E-state index contributed by atoms with van der Waals surface area (Å²) in [6.07, 6.45) is 2.80. The summed E-state index contributed by atoms with van der Waals surface area (Å²) in [5.41, 5.74) is 2.96. The average molecular weight is 249 g/mol. The molecular weight excluding hydrogens is 238 g/mol. The summed E-state index contributed by atoms with van der Waals surface area (Å²) in [4.78, 5) is 39.5. The van der Waals surface area contributed by atoms with Crippen LogP contribution in [0.3, 0.4) is 0 Å². The fraction of sp³-hybridized carbons (Fsp3) is 0.200. The average Bonchev–Trinajstić information content (AvgIpc) is 2.36. The van der Waals surface area contributed by atoms with Crippen molar-refractivity contribution in [3.05, 3.63) is 24.0 Å². The normalized spacial score (nSPS) is 15.3. The highest BCUT2D eigenvalue weighted by atomic mass is 16.2. The van der Waals surface area contributed by atoms with Gasteiger partial charge in [-0.15, -0.1) is 0 Å². The number of hydrogen-bond donors (Lipinski definition) is 3. The van der Waals surface area contributed by atoms with Gasteiger partial charge in [-0.05, 0) is 6.07 Å². The highest BCUT2D eigenvalue weighted by molar-refractivity contribution is 6.07. The molecule has 0 atom stereocenters. The van der Waals surface area contributed by atoms with Crippen molar-refractivity contribution in [2.75, 3.05) is 18.5 Å². The van der Waals surface area contributed by atoms with Crippen LogP contribution in [0.15, 0.2) is 18.5 Å². The molecular formula is C10H11N5O3. The summed E-state index contributed by atoms with van der Waals surface area (Å²) in [5, 5.41) is 2.12. The van der Waals surface area contributed by atoms with Gasteiger partial charge in [-0.2, -0.15) is 0 Å². The molecule has 0 unspecified atom stereocenters. The number of nitrogens with one attached hydrogen (secondary N) is 2. The summed E-state index contributed by atoms with van der Waals surface area (Å²) in [5.74, 6) is 3.79. The first-order valence-corrected chi connectivity index (χ1v) is 5.14. The van der Waals surface area contributed by atoms with Crippen LogP contribution in [0.5, 0.6) is 0 Å². The van der Waals surface area contributed by atoms with Gasteiger partial charge in [0.15, 0.2) is 0 Å². The van der Waals surface area contributed by atoms with Gasteiger partial charge in [0, 0.05) is 12.4 Å². The molecule has 8 nitrogen and oxygen atoms in total. The lowest BCUT2D eigenvalue weighted by Gasteiger charge is -2.25. The van der Waals surface area contributed by atoms with Crippen LogP contribution in [0, 0.1) is 0 Å². The van der Waals surface area contributed by atoms with Crippen LogP contribution in [0.4, 0.5) is 5.69 Å². The Bertz CT molecular complexity index is 500. The van der Waals surface area contributed by atoms with Crippen molar-refractivity contribution in [1.29, 1.82) is 0 Å². The van der Waals surface area contributed by atoms with E-state index in [1.54, 1.807) is 0 Å². The number of aromatic nitrogens is 1. The van der Waals surface area contributed by atoms with Gasteiger partial charge in [-0.25, -0.2) is 0 Å². The number of hydrogen-bond acceptors (Lipinski definition) is 6. The molecule has 8 heteroatoms. The summed E-state index contributed by atoms with van der Waals surface area (Å²) >= 11 is 0. The third-order valence-corrected chi connectivity index (χ3v) is 2.44. The molecule has 0 aromatic carbocycles. The molecule has 0 aliphatic carbocycles. The zero-order valence-electron chi connectivity index (χ0n) is 9.34. The van der Waals surface area contributed by atoms with E-state index in [1.807, 2.05) is 0 Å². The van der Waals surface area contributed by atoms with E-state index in [0.29, 0.717) is 5.69 Å². The van der Waals surface area contributed by atoms with Crippen molar-refractivity contribution in [3.8, 4) is 0 Å². The van der Waals surface area contributed by atoms with Gasteiger partial charge in [0.1, 0.15) is 13.1 Å². The van der Waals surface area contributed by atoms with Crippen molar-refractivity contribution in [2.45, 2.75) is 0 Å². The fourth-order valence-corrected chi connectivity index (χ4v) is 1.64. The second-order valence-electron chi connectivity index (χ2n) is 3.70. The van der Waals surface area contributed by atoms with Crippen LogP contribution in [-0.4, -0.2) is 40.7 Å². The second kappa shape index (κ2) is 4.80. The summed E-state index contributed by atoms with van der Waals surface area (Å²) in [6.45, 7) is -0.326. The maximum atomic E-state index is 12.1. The largest absolute Gasteiger partial charge is 0.323 e. The van der Waals surface area contributed by atoms with E-state index in [0.717, 1.165) is 4.90 Å². The molecule has 1 aromatic rings. The van der Waals surface area contributed by atoms with Crippen molar-refractivity contribution in [3.63, 3.8) is 0 Å². The number of anilines is 1. The van der Waals surface area contributed by atoms with E-state index in [4.69, 9.17) is 5.84 Å². The van der Waals surface area contributed by atoms with Gasteiger partial charge in [-0.3, -0.25) is 30.5 Å². The Morgan fingerprint density at radius 2 is 2.06 bits per heavy atom. The van der Waals surface area contributed by atoms with Gasteiger partial charge >= 0.3 is 0 Å². The van der Waals surface area contributed by atoms with Crippen LogP contribution >= 0.6 is 0 Å². The molecule has 1 aliphatic rings. The first-order chi connectivity index (χ1) is 8.61. The van der Waals surface area contributed by atoms with E-state index in [9.17, 15) is 14.4 Å². The number of carbonyl (C=O) groups is 3. The molecule has 1 aliphatic heterocycles. The zero-order chi connectivity index (χ0) is 13.1. The molecule has 1 fully saturated rings. The molecule has 2 heterocycles. The summed E-state index contributed by atoms with van der Waals surface area (Å²) in [7, 11) is 0.